The molecule has 2 aromatic rings. The van der Waals surface area contributed by atoms with Crippen molar-refractivity contribution in [1.82, 2.24) is 0 Å². The third-order valence-corrected chi connectivity index (χ3v) is 8.49. The minimum Gasteiger partial charge on any atom is -0.507 e. The van der Waals surface area contributed by atoms with Crippen LogP contribution in [0.5, 0.6) is 5.75 Å². The van der Waals surface area contributed by atoms with Crippen molar-refractivity contribution < 1.29 is 15.0 Å². The Morgan fingerprint density at radius 1 is 0.683 bits per heavy atom. The summed E-state index contributed by atoms with van der Waals surface area (Å²) in [5.74, 6) is -0.331. The van der Waals surface area contributed by atoms with Gasteiger partial charge in [0.15, 0.2) is 0 Å². The van der Waals surface area contributed by atoms with E-state index in [0.717, 1.165) is 40.7 Å². The molecule has 3 nitrogen and oxygen atoms in total. The number of hydrogen-bond acceptors (Lipinski definition) is 2. The normalized spacial score (nSPS) is 13.0. The molecule has 0 aliphatic rings. The van der Waals surface area contributed by atoms with E-state index in [1.165, 1.54) is 77.0 Å². The zero-order valence-corrected chi connectivity index (χ0v) is 27.5. The van der Waals surface area contributed by atoms with Gasteiger partial charge in [-0.3, -0.25) is 4.79 Å². The smallest absolute Gasteiger partial charge is 0.303 e. The molecule has 1 atom stereocenters. The first-order valence-corrected chi connectivity index (χ1v) is 16.5. The first-order valence-electron chi connectivity index (χ1n) is 16.5. The van der Waals surface area contributed by atoms with Gasteiger partial charge in [-0.05, 0) is 52.0 Å². The van der Waals surface area contributed by atoms with Crippen molar-refractivity contribution >= 4 is 5.97 Å². The molecule has 0 aliphatic carbocycles. The van der Waals surface area contributed by atoms with Crippen LogP contribution in [0.25, 0.3) is 11.1 Å². The minimum atomic E-state index is -0.732. The van der Waals surface area contributed by atoms with E-state index in [4.69, 9.17) is 0 Å². The first kappa shape index (κ1) is 34.9. The van der Waals surface area contributed by atoms with Gasteiger partial charge in [0.05, 0.1) is 6.42 Å². The number of carboxylic acids is 1. The summed E-state index contributed by atoms with van der Waals surface area (Å²) in [5.41, 5.74) is 4.76. The molecule has 0 aliphatic heterocycles. The van der Waals surface area contributed by atoms with Gasteiger partial charge in [0.25, 0.3) is 0 Å². The fraction of sp³-hybridized carbons (Fsp3) is 0.658. The van der Waals surface area contributed by atoms with Gasteiger partial charge in [0, 0.05) is 11.1 Å². The fourth-order valence-electron chi connectivity index (χ4n) is 5.92. The molecule has 2 N–H and O–H groups in total. The number of carboxylic acid groups (broad SMARTS) is 1. The molecule has 0 saturated heterocycles. The Hall–Kier alpha value is -2.29. The summed E-state index contributed by atoms with van der Waals surface area (Å²) < 4.78 is 0. The third-order valence-electron chi connectivity index (χ3n) is 8.49. The molecule has 0 heterocycles. The quantitative estimate of drug-likeness (QED) is 0.177. The van der Waals surface area contributed by atoms with Gasteiger partial charge in [-0.15, -0.1) is 0 Å². The molecule has 0 aromatic heterocycles. The van der Waals surface area contributed by atoms with Crippen LogP contribution < -0.4 is 0 Å². The summed E-state index contributed by atoms with van der Waals surface area (Å²) in [6.45, 7) is 15.1. The Kier molecular flexibility index (Phi) is 14.5. The van der Waals surface area contributed by atoms with Gasteiger partial charge in [-0.2, -0.15) is 0 Å². The van der Waals surface area contributed by atoms with Crippen molar-refractivity contribution in [3.8, 4) is 16.9 Å². The van der Waals surface area contributed by atoms with E-state index in [1.54, 1.807) is 0 Å². The molecular weight excluding hydrogens is 504 g/mol. The summed E-state index contributed by atoms with van der Waals surface area (Å²) in [7, 11) is 0. The van der Waals surface area contributed by atoms with Crippen molar-refractivity contribution in [2.75, 3.05) is 0 Å². The lowest BCUT2D eigenvalue weighted by molar-refractivity contribution is -0.137. The molecule has 0 spiro atoms. The van der Waals surface area contributed by atoms with Gasteiger partial charge in [0.2, 0.25) is 0 Å². The van der Waals surface area contributed by atoms with Crippen LogP contribution in [0.15, 0.2) is 36.4 Å². The van der Waals surface area contributed by atoms with Crippen molar-refractivity contribution in [3.63, 3.8) is 0 Å². The lowest BCUT2D eigenvalue weighted by Gasteiger charge is -2.28. The molecule has 0 saturated carbocycles. The number of phenolic OH excluding ortho intramolecular Hbond substituents is 1. The maximum atomic E-state index is 11.8. The van der Waals surface area contributed by atoms with Crippen LogP contribution in [0.3, 0.4) is 0 Å². The second-order valence-electron chi connectivity index (χ2n) is 14.4. The van der Waals surface area contributed by atoms with E-state index in [9.17, 15) is 15.0 Å². The van der Waals surface area contributed by atoms with Crippen molar-refractivity contribution in [2.24, 2.45) is 0 Å². The van der Waals surface area contributed by atoms with E-state index >= 15 is 0 Å². The highest BCUT2D eigenvalue weighted by atomic mass is 16.4. The predicted octanol–water partition coefficient (Wildman–Crippen LogP) is 11.7. The Morgan fingerprint density at radius 3 is 1.59 bits per heavy atom. The molecule has 2 rings (SSSR count). The minimum absolute atomic E-state index is 0.0152. The number of phenols is 1. The van der Waals surface area contributed by atoms with Crippen LogP contribution in [-0.2, 0) is 15.6 Å². The maximum absolute atomic E-state index is 11.8. The summed E-state index contributed by atoms with van der Waals surface area (Å²) in [6.07, 6.45) is 18.2. The zero-order chi connectivity index (χ0) is 30.5. The molecular formula is C38H60O3. The largest absolute Gasteiger partial charge is 0.507 e. The van der Waals surface area contributed by atoms with E-state index in [-0.39, 0.29) is 23.2 Å². The fourth-order valence-corrected chi connectivity index (χ4v) is 5.92. The Morgan fingerprint density at radius 2 is 1.15 bits per heavy atom. The van der Waals surface area contributed by atoms with E-state index in [2.05, 4.69) is 84.9 Å². The molecule has 41 heavy (non-hydrogen) atoms. The van der Waals surface area contributed by atoms with Crippen molar-refractivity contribution in [2.45, 2.75) is 162 Å². The number of hydrogen-bond donors (Lipinski definition) is 2. The summed E-state index contributed by atoms with van der Waals surface area (Å²) in [6, 6.07) is 12.7. The number of rotatable bonds is 18. The summed E-state index contributed by atoms with van der Waals surface area (Å²) in [4.78, 5) is 11.8. The van der Waals surface area contributed by atoms with Crippen LogP contribution in [0, 0.1) is 0 Å². The highest BCUT2D eigenvalue weighted by Crippen LogP contribution is 2.42. The Labute approximate surface area is 252 Å². The number of benzene rings is 2. The van der Waals surface area contributed by atoms with Crippen molar-refractivity contribution in [1.29, 1.82) is 0 Å². The van der Waals surface area contributed by atoms with Gasteiger partial charge >= 0.3 is 5.97 Å². The molecule has 2 aromatic carbocycles. The van der Waals surface area contributed by atoms with Gasteiger partial charge in [0.1, 0.15) is 5.75 Å². The highest BCUT2D eigenvalue weighted by Gasteiger charge is 2.27. The van der Waals surface area contributed by atoms with Crippen molar-refractivity contribution in [3.05, 3.63) is 53.1 Å². The zero-order valence-electron chi connectivity index (χ0n) is 27.5. The highest BCUT2D eigenvalue weighted by molar-refractivity contribution is 5.71. The van der Waals surface area contributed by atoms with Crippen LogP contribution in [0.4, 0.5) is 0 Å². The predicted molar refractivity (Wildman–Crippen MR) is 176 cm³/mol. The topological polar surface area (TPSA) is 57.5 Å². The first-order chi connectivity index (χ1) is 19.3. The SMILES string of the molecule is CCCCCCCCCCCCCCCC(CC(=O)O)c1cccc(-c2cc(C(C)(C)C)c(O)c(C(C)(C)C)c2)c1. The van der Waals surface area contributed by atoms with Crippen LogP contribution in [0.2, 0.25) is 0 Å². The second-order valence-corrected chi connectivity index (χ2v) is 14.4. The molecule has 0 fully saturated rings. The maximum Gasteiger partial charge on any atom is 0.303 e. The lowest BCUT2D eigenvalue weighted by Crippen LogP contribution is -2.17. The molecule has 0 amide bonds. The number of unbranched alkanes of at least 4 members (excludes halogenated alkanes) is 12. The number of aliphatic carboxylic acids is 1. The van der Waals surface area contributed by atoms with E-state index < -0.39 is 5.97 Å². The monoisotopic (exact) mass is 564 g/mol. The molecule has 0 bridgehead atoms. The van der Waals surface area contributed by atoms with E-state index in [0.29, 0.717) is 5.75 Å². The Balaban J connectivity index is 2.01. The van der Waals surface area contributed by atoms with Gasteiger partial charge in [-0.1, -0.05) is 156 Å². The van der Waals surface area contributed by atoms with E-state index in [1.807, 2.05) is 0 Å². The molecule has 230 valence electrons. The average molecular weight is 565 g/mol. The number of carbonyl (C=O) groups is 1. The average Bonchev–Trinajstić information content (AvgIpc) is 2.89. The number of aromatic hydroxyl groups is 1. The second kappa shape index (κ2) is 17.0. The van der Waals surface area contributed by atoms with Crippen LogP contribution in [-0.4, -0.2) is 16.2 Å². The Bertz CT molecular complexity index is 1020. The molecule has 3 heteroatoms. The van der Waals surface area contributed by atoms with Crippen LogP contribution in [0.1, 0.15) is 167 Å². The summed E-state index contributed by atoms with van der Waals surface area (Å²) in [5, 5.41) is 20.8. The summed E-state index contributed by atoms with van der Waals surface area (Å²) >= 11 is 0. The van der Waals surface area contributed by atoms with Gasteiger partial charge < -0.3 is 10.2 Å². The van der Waals surface area contributed by atoms with Gasteiger partial charge in [-0.25, -0.2) is 0 Å². The molecule has 1 unspecified atom stereocenters. The van der Waals surface area contributed by atoms with Crippen LogP contribution >= 0.6 is 0 Å². The standard InChI is InChI=1S/C38H60O3/c1-8-9-10-11-12-13-14-15-16-17-18-19-20-22-31(28-35(39)40)29-23-21-24-30(25-29)32-26-33(37(2,3)4)36(41)34(27-32)38(5,6)7/h21,23-27,31,41H,8-20,22,28H2,1-7H3,(H,39,40). The third kappa shape index (κ3) is 12.2. The molecule has 0 radical (unpaired) electrons. The lowest BCUT2D eigenvalue weighted by atomic mass is 9.77.